The summed E-state index contributed by atoms with van der Waals surface area (Å²) in [5, 5.41) is 0. The second kappa shape index (κ2) is 5.16. The van der Waals surface area contributed by atoms with Gasteiger partial charge < -0.3 is 4.90 Å². The van der Waals surface area contributed by atoms with Gasteiger partial charge in [-0.05, 0) is 50.1 Å². The van der Waals surface area contributed by atoms with Gasteiger partial charge in [-0.2, -0.15) is 0 Å². The summed E-state index contributed by atoms with van der Waals surface area (Å²) in [7, 11) is 0. The van der Waals surface area contributed by atoms with Crippen molar-refractivity contribution in [3.63, 3.8) is 0 Å². The molecule has 0 unspecified atom stereocenters. The topological polar surface area (TPSA) is 3.24 Å². The lowest BCUT2D eigenvalue weighted by Gasteiger charge is -2.26. The predicted octanol–water partition coefficient (Wildman–Crippen LogP) is 3.54. The van der Waals surface area contributed by atoms with Gasteiger partial charge in [-0.1, -0.05) is 27.7 Å². The summed E-state index contributed by atoms with van der Waals surface area (Å²) >= 11 is 0. The maximum absolute atomic E-state index is 2.67. The maximum Gasteiger partial charge on any atom is 0.000966 e. The molecule has 1 saturated carbocycles. The lowest BCUT2D eigenvalue weighted by molar-refractivity contribution is 0.220. The first-order valence-electron chi connectivity index (χ1n) is 6.23. The Morgan fingerprint density at radius 2 is 1.79 bits per heavy atom. The van der Waals surface area contributed by atoms with Gasteiger partial charge in [0, 0.05) is 6.54 Å². The standard InChI is InChI=1S/C13H27N/c1-5-9-14(11-12-6-7-12)10-8-13(2,3)4/h12H,5-11H2,1-4H3. The van der Waals surface area contributed by atoms with Crippen molar-refractivity contribution in [1.82, 2.24) is 4.90 Å². The van der Waals surface area contributed by atoms with E-state index in [1.165, 1.54) is 45.3 Å². The lowest BCUT2D eigenvalue weighted by Crippen LogP contribution is -2.30. The van der Waals surface area contributed by atoms with E-state index in [1.807, 2.05) is 0 Å². The van der Waals surface area contributed by atoms with E-state index in [9.17, 15) is 0 Å². The third-order valence-electron chi connectivity index (χ3n) is 2.93. The molecule has 0 amide bonds. The Labute approximate surface area is 89.9 Å². The summed E-state index contributed by atoms with van der Waals surface area (Å²) in [6.07, 6.45) is 5.60. The molecule has 0 aromatic rings. The minimum atomic E-state index is 0.496. The second-order valence-corrected chi connectivity index (χ2v) is 6.05. The number of hydrogen-bond donors (Lipinski definition) is 0. The summed E-state index contributed by atoms with van der Waals surface area (Å²) in [6.45, 7) is 13.3. The molecule has 0 heterocycles. The van der Waals surface area contributed by atoms with Crippen LogP contribution >= 0.6 is 0 Å². The zero-order valence-corrected chi connectivity index (χ0v) is 10.5. The molecular weight excluding hydrogens is 170 g/mol. The molecular formula is C13H27N. The fourth-order valence-electron chi connectivity index (χ4n) is 1.77. The average Bonchev–Trinajstić information content (AvgIpc) is 2.83. The van der Waals surface area contributed by atoms with Crippen molar-refractivity contribution in [2.45, 2.75) is 53.4 Å². The van der Waals surface area contributed by atoms with E-state index in [0.29, 0.717) is 5.41 Å². The van der Waals surface area contributed by atoms with Gasteiger partial charge in [0.1, 0.15) is 0 Å². The highest BCUT2D eigenvalue weighted by Crippen LogP contribution is 2.30. The summed E-state index contributed by atoms with van der Waals surface area (Å²) in [4.78, 5) is 2.67. The maximum atomic E-state index is 2.67. The Morgan fingerprint density at radius 3 is 2.21 bits per heavy atom. The van der Waals surface area contributed by atoms with Crippen molar-refractivity contribution in [1.29, 1.82) is 0 Å². The van der Waals surface area contributed by atoms with Gasteiger partial charge in [0.05, 0.1) is 0 Å². The van der Waals surface area contributed by atoms with E-state index in [-0.39, 0.29) is 0 Å². The van der Waals surface area contributed by atoms with Crippen molar-refractivity contribution >= 4 is 0 Å². The van der Waals surface area contributed by atoms with E-state index >= 15 is 0 Å². The van der Waals surface area contributed by atoms with Gasteiger partial charge in [0.2, 0.25) is 0 Å². The number of rotatable bonds is 6. The second-order valence-electron chi connectivity index (χ2n) is 6.05. The number of hydrogen-bond acceptors (Lipinski definition) is 1. The van der Waals surface area contributed by atoms with Crippen LogP contribution in [0.5, 0.6) is 0 Å². The summed E-state index contributed by atoms with van der Waals surface area (Å²) in [6, 6.07) is 0. The molecule has 0 aromatic heterocycles. The fraction of sp³-hybridized carbons (Fsp3) is 1.00. The zero-order valence-electron chi connectivity index (χ0n) is 10.5. The van der Waals surface area contributed by atoms with Crippen molar-refractivity contribution in [2.75, 3.05) is 19.6 Å². The highest BCUT2D eigenvalue weighted by Gasteiger charge is 2.24. The summed E-state index contributed by atoms with van der Waals surface area (Å²) in [5.74, 6) is 1.04. The van der Waals surface area contributed by atoms with Crippen LogP contribution in [0, 0.1) is 11.3 Å². The van der Waals surface area contributed by atoms with Crippen molar-refractivity contribution in [3.8, 4) is 0 Å². The van der Waals surface area contributed by atoms with Gasteiger partial charge in [-0.15, -0.1) is 0 Å². The third kappa shape index (κ3) is 5.64. The first-order valence-corrected chi connectivity index (χ1v) is 6.23. The predicted molar refractivity (Wildman–Crippen MR) is 63.5 cm³/mol. The molecule has 1 heteroatoms. The molecule has 0 aliphatic heterocycles. The Kier molecular flexibility index (Phi) is 4.43. The number of nitrogens with zero attached hydrogens (tertiary/aromatic N) is 1. The molecule has 84 valence electrons. The van der Waals surface area contributed by atoms with Crippen LogP contribution in [0.15, 0.2) is 0 Å². The highest BCUT2D eigenvalue weighted by atomic mass is 15.1. The van der Waals surface area contributed by atoms with Crippen LogP contribution in [0.3, 0.4) is 0 Å². The minimum Gasteiger partial charge on any atom is -0.303 e. The van der Waals surface area contributed by atoms with Crippen LogP contribution < -0.4 is 0 Å². The zero-order chi connectivity index (χ0) is 10.6. The molecule has 1 fully saturated rings. The van der Waals surface area contributed by atoms with Crippen LogP contribution in [0.2, 0.25) is 0 Å². The summed E-state index contributed by atoms with van der Waals surface area (Å²) in [5.41, 5.74) is 0.496. The van der Waals surface area contributed by atoms with Gasteiger partial charge in [-0.25, -0.2) is 0 Å². The SMILES string of the molecule is CCCN(CCC(C)(C)C)CC1CC1. The minimum absolute atomic E-state index is 0.496. The molecule has 0 N–H and O–H groups in total. The molecule has 0 bridgehead atoms. The third-order valence-corrected chi connectivity index (χ3v) is 2.93. The largest absolute Gasteiger partial charge is 0.303 e. The van der Waals surface area contributed by atoms with E-state index in [2.05, 4.69) is 32.6 Å². The van der Waals surface area contributed by atoms with Gasteiger partial charge in [-0.3, -0.25) is 0 Å². The van der Waals surface area contributed by atoms with Gasteiger partial charge in [0.25, 0.3) is 0 Å². The molecule has 1 aliphatic carbocycles. The van der Waals surface area contributed by atoms with Gasteiger partial charge >= 0.3 is 0 Å². The van der Waals surface area contributed by atoms with Crippen LogP contribution in [-0.2, 0) is 0 Å². The van der Waals surface area contributed by atoms with Crippen LogP contribution in [0.4, 0.5) is 0 Å². The molecule has 1 nitrogen and oxygen atoms in total. The molecule has 1 aliphatic rings. The van der Waals surface area contributed by atoms with Crippen LogP contribution in [0.1, 0.15) is 53.4 Å². The normalized spacial score (nSPS) is 17.8. The van der Waals surface area contributed by atoms with Gasteiger partial charge in [0.15, 0.2) is 0 Å². The molecule has 0 atom stereocenters. The highest BCUT2D eigenvalue weighted by molar-refractivity contribution is 4.78. The Morgan fingerprint density at radius 1 is 1.14 bits per heavy atom. The monoisotopic (exact) mass is 197 g/mol. The van der Waals surface area contributed by atoms with E-state index in [0.717, 1.165) is 5.92 Å². The molecule has 0 radical (unpaired) electrons. The molecule has 0 saturated heterocycles. The first kappa shape index (κ1) is 12.0. The van der Waals surface area contributed by atoms with Crippen molar-refractivity contribution in [2.24, 2.45) is 11.3 Å². The Hall–Kier alpha value is -0.0400. The Bertz CT molecular complexity index is 153. The first-order chi connectivity index (χ1) is 6.51. The Balaban J connectivity index is 2.19. The molecule has 0 spiro atoms. The van der Waals surface area contributed by atoms with E-state index in [1.54, 1.807) is 0 Å². The lowest BCUT2D eigenvalue weighted by atomic mass is 9.92. The molecule has 14 heavy (non-hydrogen) atoms. The smallest absolute Gasteiger partial charge is 0.000966 e. The van der Waals surface area contributed by atoms with E-state index in [4.69, 9.17) is 0 Å². The van der Waals surface area contributed by atoms with Crippen LogP contribution in [-0.4, -0.2) is 24.5 Å². The van der Waals surface area contributed by atoms with Crippen molar-refractivity contribution in [3.05, 3.63) is 0 Å². The van der Waals surface area contributed by atoms with E-state index < -0.39 is 0 Å². The van der Waals surface area contributed by atoms with Crippen molar-refractivity contribution < 1.29 is 0 Å². The quantitative estimate of drug-likeness (QED) is 0.629. The summed E-state index contributed by atoms with van der Waals surface area (Å²) < 4.78 is 0. The average molecular weight is 197 g/mol. The molecule has 1 rings (SSSR count). The van der Waals surface area contributed by atoms with Crippen LogP contribution in [0.25, 0.3) is 0 Å². The molecule has 0 aromatic carbocycles. The fourth-order valence-corrected chi connectivity index (χ4v) is 1.77.